The summed E-state index contributed by atoms with van der Waals surface area (Å²) in [6.45, 7) is 2.42. The average Bonchev–Trinajstić information content (AvgIpc) is 2.45. The first-order valence-corrected chi connectivity index (χ1v) is 6.79. The van der Waals surface area contributed by atoms with Crippen molar-refractivity contribution in [2.24, 2.45) is 0 Å². The number of hydrogen-bond acceptors (Lipinski definition) is 2. The van der Waals surface area contributed by atoms with E-state index in [2.05, 4.69) is 10.6 Å². The van der Waals surface area contributed by atoms with Gasteiger partial charge in [-0.05, 0) is 36.8 Å². The molecule has 20 heavy (non-hydrogen) atoms. The Morgan fingerprint density at radius 3 is 2.70 bits per heavy atom. The van der Waals surface area contributed by atoms with Crippen molar-refractivity contribution in [1.82, 2.24) is 5.32 Å². The molecule has 0 radical (unpaired) electrons. The fourth-order valence-electron chi connectivity index (χ4n) is 1.99. The number of amides is 1. The third-order valence-electron chi connectivity index (χ3n) is 3.03. The molecule has 1 amide bonds. The van der Waals surface area contributed by atoms with Gasteiger partial charge in [0.1, 0.15) is 0 Å². The summed E-state index contributed by atoms with van der Waals surface area (Å²) in [6.07, 6.45) is 0. The van der Waals surface area contributed by atoms with Crippen LogP contribution in [0.4, 0.5) is 5.69 Å². The van der Waals surface area contributed by atoms with Crippen molar-refractivity contribution in [2.75, 3.05) is 12.4 Å². The Hall–Kier alpha value is -2.00. The molecule has 4 heteroatoms. The molecule has 104 valence electrons. The number of halogens is 1. The van der Waals surface area contributed by atoms with Gasteiger partial charge in [-0.1, -0.05) is 35.4 Å². The van der Waals surface area contributed by atoms with Crippen molar-refractivity contribution in [1.29, 1.82) is 0 Å². The largest absolute Gasteiger partial charge is 0.387 e. The van der Waals surface area contributed by atoms with E-state index in [0.29, 0.717) is 17.1 Å². The van der Waals surface area contributed by atoms with E-state index in [1.54, 1.807) is 7.05 Å². The molecule has 0 aliphatic heterocycles. The van der Waals surface area contributed by atoms with E-state index < -0.39 is 0 Å². The van der Waals surface area contributed by atoms with Crippen LogP contribution in [0.5, 0.6) is 0 Å². The molecule has 0 spiro atoms. The first-order valence-electron chi connectivity index (χ1n) is 6.41. The highest BCUT2D eigenvalue weighted by atomic mass is 35.5. The number of nitrogens with one attached hydrogen (secondary N) is 2. The molecule has 0 fully saturated rings. The third kappa shape index (κ3) is 3.52. The molecule has 0 aliphatic rings. The van der Waals surface area contributed by atoms with Crippen LogP contribution in [0.1, 0.15) is 21.5 Å². The van der Waals surface area contributed by atoms with Crippen LogP contribution in [0.2, 0.25) is 5.02 Å². The first kappa shape index (κ1) is 14.4. The maximum atomic E-state index is 12.3. The summed E-state index contributed by atoms with van der Waals surface area (Å²) in [6, 6.07) is 13.2. The number of anilines is 1. The molecule has 0 saturated heterocycles. The van der Waals surface area contributed by atoms with Crippen molar-refractivity contribution in [3.8, 4) is 0 Å². The van der Waals surface area contributed by atoms with E-state index in [-0.39, 0.29) is 5.91 Å². The van der Waals surface area contributed by atoms with Crippen molar-refractivity contribution in [2.45, 2.75) is 13.5 Å². The maximum Gasteiger partial charge on any atom is 0.253 e. The van der Waals surface area contributed by atoms with E-state index in [0.717, 1.165) is 16.8 Å². The molecule has 2 N–H and O–H groups in total. The van der Waals surface area contributed by atoms with Crippen LogP contribution in [-0.4, -0.2) is 13.0 Å². The van der Waals surface area contributed by atoms with Crippen molar-refractivity contribution in [3.05, 3.63) is 64.2 Å². The lowest BCUT2D eigenvalue weighted by Crippen LogP contribution is -2.23. The third-order valence-corrected chi connectivity index (χ3v) is 3.27. The number of rotatable bonds is 4. The Labute approximate surface area is 124 Å². The number of carbonyl (C=O) groups is 1. The van der Waals surface area contributed by atoms with Crippen molar-refractivity contribution in [3.63, 3.8) is 0 Å². The molecule has 0 unspecified atom stereocenters. The van der Waals surface area contributed by atoms with Gasteiger partial charge >= 0.3 is 0 Å². The van der Waals surface area contributed by atoms with E-state index in [4.69, 9.17) is 11.6 Å². The van der Waals surface area contributed by atoms with Crippen LogP contribution in [0.25, 0.3) is 0 Å². The zero-order chi connectivity index (χ0) is 14.5. The number of hydrogen-bond donors (Lipinski definition) is 2. The molecular formula is C16H17ClN2O. The highest BCUT2D eigenvalue weighted by Gasteiger charge is 2.10. The van der Waals surface area contributed by atoms with E-state index in [1.807, 2.05) is 49.4 Å². The zero-order valence-electron chi connectivity index (χ0n) is 11.5. The molecule has 2 rings (SSSR count). The predicted octanol–water partition coefficient (Wildman–Crippen LogP) is 3.62. The second-order valence-electron chi connectivity index (χ2n) is 4.61. The van der Waals surface area contributed by atoms with Crippen LogP contribution in [0.3, 0.4) is 0 Å². The van der Waals surface area contributed by atoms with Crippen LogP contribution >= 0.6 is 11.6 Å². The highest BCUT2D eigenvalue weighted by Crippen LogP contribution is 2.17. The summed E-state index contributed by atoms with van der Waals surface area (Å²) in [7, 11) is 1.80. The fourth-order valence-corrected chi connectivity index (χ4v) is 2.20. The van der Waals surface area contributed by atoms with Gasteiger partial charge in [0.2, 0.25) is 0 Å². The van der Waals surface area contributed by atoms with Crippen LogP contribution < -0.4 is 10.6 Å². The zero-order valence-corrected chi connectivity index (χ0v) is 12.3. The van der Waals surface area contributed by atoms with Gasteiger partial charge in [0.25, 0.3) is 5.91 Å². The smallest absolute Gasteiger partial charge is 0.253 e. The monoisotopic (exact) mass is 288 g/mol. The van der Waals surface area contributed by atoms with Crippen molar-refractivity contribution >= 4 is 23.2 Å². The molecule has 0 saturated carbocycles. The lowest BCUT2D eigenvalue weighted by atomic mass is 10.1. The molecule has 2 aromatic rings. The van der Waals surface area contributed by atoms with Crippen LogP contribution in [0.15, 0.2) is 42.5 Å². The standard InChI is InChI=1S/C16H17ClN2O/c1-11-6-7-15(18-2)14(8-11)16(20)19-10-12-4-3-5-13(17)9-12/h3-9,18H,10H2,1-2H3,(H,19,20). The highest BCUT2D eigenvalue weighted by molar-refractivity contribution is 6.30. The van der Waals surface area contributed by atoms with Gasteiger partial charge in [-0.2, -0.15) is 0 Å². The Morgan fingerprint density at radius 2 is 2.00 bits per heavy atom. The summed E-state index contributed by atoms with van der Waals surface area (Å²) < 4.78 is 0. The molecule has 2 aromatic carbocycles. The average molecular weight is 289 g/mol. The Kier molecular flexibility index (Phi) is 4.64. The molecule has 0 bridgehead atoms. The topological polar surface area (TPSA) is 41.1 Å². The Morgan fingerprint density at radius 1 is 1.20 bits per heavy atom. The summed E-state index contributed by atoms with van der Waals surface area (Å²) in [4.78, 5) is 12.3. The lowest BCUT2D eigenvalue weighted by molar-refractivity contribution is 0.0951. The summed E-state index contributed by atoms with van der Waals surface area (Å²) in [5, 5.41) is 6.61. The number of benzene rings is 2. The molecule has 0 aromatic heterocycles. The fraction of sp³-hybridized carbons (Fsp3) is 0.188. The molecule has 0 aliphatic carbocycles. The summed E-state index contributed by atoms with van der Waals surface area (Å²) in [5.41, 5.74) is 3.50. The maximum absolute atomic E-state index is 12.3. The van der Waals surface area contributed by atoms with Gasteiger partial charge < -0.3 is 10.6 Å². The normalized spacial score (nSPS) is 10.2. The minimum absolute atomic E-state index is 0.0991. The SMILES string of the molecule is CNc1ccc(C)cc1C(=O)NCc1cccc(Cl)c1. The summed E-state index contributed by atoms with van der Waals surface area (Å²) >= 11 is 5.92. The van der Waals surface area contributed by atoms with E-state index >= 15 is 0 Å². The second-order valence-corrected chi connectivity index (χ2v) is 5.05. The van der Waals surface area contributed by atoms with Gasteiger partial charge in [-0.25, -0.2) is 0 Å². The number of aryl methyl sites for hydroxylation is 1. The predicted molar refractivity (Wildman–Crippen MR) is 83.3 cm³/mol. The van der Waals surface area contributed by atoms with Crippen molar-refractivity contribution < 1.29 is 4.79 Å². The van der Waals surface area contributed by atoms with Gasteiger partial charge in [-0.15, -0.1) is 0 Å². The van der Waals surface area contributed by atoms with E-state index in [9.17, 15) is 4.79 Å². The van der Waals surface area contributed by atoms with Crippen LogP contribution in [0, 0.1) is 6.92 Å². The van der Waals surface area contributed by atoms with Gasteiger partial charge in [-0.3, -0.25) is 4.79 Å². The minimum Gasteiger partial charge on any atom is -0.387 e. The Bertz CT molecular complexity index is 626. The number of carbonyl (C=O) groups excluding carboxylic acids is 1. The first-order chi connectivity index (χ1) is 9.60. The molecule has 0 heterocycles. The second kappa shape index (κ2) is 6.44. The summed E-state index contributed by atoms with van der Waals surface area (Å²) in [5.74, 6) is -0.0991. The molecule has 3 nitrogen and oxygen atoms in total. The lowest BCUT2D eigenvalue weighted by Gasteiger charge is -2.11. The van der Waals surface area contributed by atoms with E-state index in [1.165, 1.54) is 0 Å². The van der Waals surface area contributed by atoms with Gasteiger partial charge in [0, 0.05) is 24.3 Å². The molecule has 0 atom stereocenters. The van der Waals surface area contributed by atoms with Gasteiger partial charge in [0.15, 0.2) is 0 Å². The van der Waals surface area contributed by atoms with Crippen LogP contribution in [-0.2, 0) is 6.54 Å². The molecular weight excluding hydrogens is 272 g/mol. The minimum atomic E-state index is -0.0991. The Balaban J connectivity index is 2.10. The quantitative estimate of drug-likeness (QED) is 0.902. The van der Waals surface area contributed by atoms with Gasteiger partial charge in [0.05, 0.1) is 5.56 Å².